The molecule has 0 unspecified atom stereocenters. The van der Waals surface area contributed by atoms with Gasteiger partial charge in [-0.2, -0.15) is 0 Å². The van der Waals surface area contributed by atoms with E-state index in [2.05, 4.69) is 0 Å². The largest absolute Gasteiger partial charge is 0.463 e. The third kappa shape index (κ3) is 4.04. The molecule has 1 aromatic carbocycles. The molecule has 0 aliphatic heterocycles. The summed E-state index contributed by atoms with van der Waals surface area (Å²) in [6.45, 7) is 4.92. The Labute approximate surface area is 125 Å². The van der Waals surface area contributed by atoms with Gasteiger partial charge >= 0.3 is 6.09 Å². The second kappa shape index (κ2) is 6.05. The van der Waals surface area contributed by atoms with Crippen molar-refractivity contribution in [2.24, 2.45) is 0 Å². The number of hydrogen-bond donors (Lipinski definition) is 1. The SMILES string of the molecule is CC(C)(C)N(OOc1ccc(Cl)c(Cl)c1Cl)C(=O)O. The van der Waals surface area contributed by atoms with E-state index in [1.165, 1.54) is 12.1 Å². The summed E-state index contributed by atoms with van der Waals surface area (Å²) in [5.74, 6) is 0.0616. The fourth-order valence-corrected chi connectivity index (χ4v) is 1.64. The topological polar surface area (TPSA) is 59.0 Å². The summed E-state index contributed by atoms with van der Waals surface area (Å²) in [7, 11) is 0. The average molecular weight is 329 g/mol. The highest BCUT2D eigenvalue weighted by Crippen LogP contribution is 2.37. The maximum absolute atomic E-state index is 11.0. The molecular formula is C11H12Cl3NO4. The van der Waals surface area contributed by atoms with Crippen LogP contribution in [0.25, 0.3) is 0 Å². The van der Waals surface area contributed by atoms with Crippen LogP contribution in [0.5, 0.6) is 5.75 Å². The van der Waals surface area contributed by atoms with Gasteiger partial charge in [-0.15, -0.1) is 5.06 Å². The number of hydroxylamine groups is 2. The van der Waals surface area contributed by atoms with E-state index in [4.69, 9.17) is 49.8 Å². The minimum absolute atomic E-state index is 0.0356. The Hall–Kier alpha value is -0.880. The first kappa shape index (κ1) is 16.2. The summed E-state index contributed by atoms with van der Waals surface area (Å²) < 4.78 is 0. The highest BCUT2D eigenvalue weighted by Gasteiger charge is 2.29. The van der Waals surface area contributed by atoms with Crippen LogP contribution < -0.4 is 4.89 Å². The van der Waals surface area contributed by atoms with Gasteiger partial charge in [0.1, 0.15) is 5.02 Å². The van der Waals surface area contributed by atoms with E-state index in [-0.39, 0.29) is 20.8 Å². The first-order valence-electron chi connectivity index (χ1n) is 5.16. The summed E-state index contributed by atoms with van der Waals surface area (Å²) in [6.07, 6.45) is -1.30. The summed E-state index contributed by atoms with van der Waals surface area (Å²) in [6, 6.07) is 2.87. The van der Waals surface area contributed by atoms with E-state index in [9.17, 15) is 4.79 Å². The molecule has 0 saturated carbocycles. The third-order valence-electron chi connectivity index (χ3n) is 1.98. The number of hydrogen-bond acceptors (Lipinski definition) is 3. The molecule has 8 heteroatoms. The van der Waals surface area contributed by atoms with Crippen molar-refractivity contribution in [2.45, 2.75) is 26.3 Å². The lowest BCUT2D eigenvalue weighted by atomic mass is 10.1. The molecule has 0 aromatic heterocycles. The zero-order chi connectivity index (χ0) is 14.8. The molecular weight excluding hydrogens is 316 g/mol. The Kier molecular flexibility index (Phi) is 5.15. The summed E-state index contributed by atoms with van der Waals surface area (Å²) in [4.78, 5) is 20.7. The molecule has 0 fully saturated rings. The van der Waals surface area contributed by atoms with E-state index in [1.54, 1.807) is 20.8 Å². The summed E-state index contributed by atoms with van der Waals surface area (Å²) >= 11 is 17.5. The molecule has 1 amide bonds. The van der Waals surface area contributed by atoms with Crippen molar-refractivity contribution in [2.75, 3.05) is 0 Å². The van der Waals surface area contributed by atoms with Gasteiger partial charge in [0.25, 0.3) is 0 Å². The molecule has 0 radical (unpaired) electrons. The smallest absolute Gasteiger partial charge is 0.435 e. The van der Waals surface area contributed by atoms with Gasteiger partial charge in [-0.05, 0) is 32.9 Å². The van der Waals surface area contributed by atoms with E-state index >= 15 is 0 Å². The standard InChI is InChI=1S/C11H12Cl3NO4/c1-11(2,3)15(10(16)17)19-18-7-5-4-6(12)8(13)9(7)14/h4-5H,1-3H3,(H,16,17). The minimum Gasteiger partial charge on any atom is -0.463 e. The second-order valence-electron chi connectivity index (χ2n) is 4.58. The van der Waals surface area contributed by atoms with Gasteiger partial charge in [0.15, 0.2) is 5.75 Å². The molecule has 0 heterocycles. The molecule has 19 heavy (non-hydrogen) atoms. The average Bonchev–Trinajstić information content (AvgIpc) is 2.27. The Morgan fingerprint density at radius 2 is 1.79 bits per heavy atom. The fraction of sp³-hybridized carbons (Fsp3) is 0.364. The van der Waals surface area contributed by atoms with Crippen molar-refractivity contribution in [1.29, 1.82) is 0 Å². The predicted octanol–water partition coefficient (Wildman–Crippen LogP) is 4.65. The summed E-state index contributed by atoms with van der Waals surface area (Å²) in [5.41, 5.74) is -0.811. The minimum atomic E-state index is -1.30. The van der Waals surface area contributed by atoms with Crippen molar-refractivity contribution >= 4 is 40.9 Å². The van der Waals surface area contributed by atoms with E-state index in [0.717, 1.165) is 0 Å². The van der Waals surface area contributed by atoms with E-state index < -0.39 is 11.6 Å². The number of rotatable bonds is 3. The van der Waals surface area contributed by atoms with Gasteiger partial charge in [-0.1, -0.05) is 39.8 Å². The maximum atomic E-state index is 11.0. The first-order chi connectivity index (χ1) is 8.64. The number of nitrogens with zero attached hydrogens (tertiary/aromatic N) is 1. The lowest BCUT2D eigenvalue weighted by molar-refractivity contribution is -0.370. The van der Waals surface area contributed by atoms with Crippen molar-refractivity contribution < 1.29 is 19.8 Å². The van der Waals surface area contributed by atoms with Gasteiger partial charge in [0.2, 0.25) is 0 Å². The Balaban J connectivity index is 2.87. The van der Waals surface area contributed by atoms with Crippen molar-refractivity contribution in [1.82, 2.24) is 5.06 Å². The molecule has 106 valence electrons. The molecule has 0 bridgehead atoms. The van der Waals surface area contributed by atoms with E-state index in [0.29, 0.717) is 5.06 Å². The van der Waals surface area contributed by atoms with E-state index in [1.807, 2.05) is 0 Å². The highest BCUT2D eigenvalue weighted by molar-refractivity contribution is 6.48. The Morgan fingerprint density at radius 3 is 2.26 bits per heavy atom. The second-order valence-corrected chi connectivity index (χ2v) is 5.74. The normalized spacial score (nSPS) is 11.3. The molecule has 1 N–H and O–H groups in total. The molecule has 5 nitrogen and oxygen atoms in total. The number of carbonyl (C=O) groups is 1. The van der Waals surface area contributed by atoms with Gasteiger partial charge in [-0.3, -0.25) is 0 Å². The molecule has 0 spiro atoms. The van der Waals surface area contributed by atoms with Gasteiger partial charge < -0.3 is 9.99 Å². The lowest BCUT2D eigenvalue weighted by Crippen LogP contribution is -2.45. The molecule has 0 saturated heterocycles. The molecule has 0 aliphatic rings. The van der Waals surface area contributed by atoms with Crippen LogP contribution in [-0.4, -0.2) is 21.8 Å². The number of halogens is 3. The lowest BCUT2D eigenvalue weighted by Gasteiger charge is -2.29. The molecule has 1 aromatic rings. The Morgan fingerprint density at radius 1 is 1.21 bits per heavy atom. The maximum Gasteiger partial charge on any atom is 0.435 e. The van der Waals surface area contributed by atoms with Gasteiger partial charge in [0, 0.05) is 0 Å². The molecule has 0 aliphatic carbocycles. The quantitative estimate of drug-likeness (QED) is 0.498. The van der Waals surface area contributed by atoms with Crippen LogP contribution in [0.3, 0.4) is 0 Å². The molecule has 0 atom stereocenters. The Bertz CT molecular complexity index is 488. The zero-order valence-corrected chi connectivity index (χ0v) is 12.7. The van der Waals surface area contributed by atoms with Gasteiger partial charge in [-0.25, -0.2) is 4.79 Å². The fourth-order valence-electron chi connectivity index (χ4n) is 1.08. The van der Waals surface area contributed by atoms with Crippen LogP contribution in [0.2, 0.25) is 15.1 Å². The third-order valence-corrected chi connectivity index (χ3v) is 3.26. The summed E-state index contributed by atoms with van der Waals surface area (Å²) in [5, 5.41) is 10.0. The predicted molar refractivity (Wildman–Crippen MR) is 72.8 cm³/mol. The van der Waals surface area contributed by atoms with Crippen LogP contribution in [0.1, 0.15) is 20.8 Å². The van der Waals surface area contributed by atoms with Crippen LogP contribution in [0, 0.1) is 0 Å². The monoisotopic (exact) mass is 327 g/mol. The van der Waals surface area contributed by atoms with Crippen molar-refractivity contribution in [3.05, 3.63) is 27.2 Å². The zero-order valence-electron chi connectivity index (χ0n) is 10.4. The number of benzene rings is 1. The number of carboxylic acid groups (broad SMARTS) is 1. The van der Waals surface area contributed by atoms with Crippen LogP contribution >= 0.6 is 34.8 Å². The van der Waals surface area contributed by atoms with Crippen molar-refractivity contribution in [3.63, 3.8) is 0 Å². The van der Waals surface area contributed by atoms with Crippen LogP contribution in [0.4, 0.5) is 4.79 Å². The van der Waals surface area contributed by atoms with Crippen LogP contribution in [-0.2, 0) is 4.99 Å². The van der Waals surface area contributed by atoms with Crippen LogP contribution in [0.15, 0.2) is 12.1 Å². The first-order valence-corrected chi connectivity index (χ1v) is 6.29. The highest BCUT2D eigenvalue weighted by atomic mass is 35.5. The molecule has 1 rings (SSSR count). The van der Waals surface area contributed by atoms with Crippen molar-refractivity contribution in [3.8, 4) is 5.75 Å². The van der Waals surface area contributed by atoms with Gasteiger partial charge in [0.05, 0.1) is 15.6 Å². The number of amides is 1.